The molecule has 6 nitrogen and oxygen atoms in total. The highest BCUT2D eigenvalue weighted by molar-refractivity contribution is 6.31. The first-order valence-electron chi connectivity index (χ1n) is 10.2. The van der Waals surface area contributed by atoms with E-state index in [9.17, 15) is 18.0 Å². The molecule has 3 N–H and O–H groups in total. The molecule has 1 amide bonds. The lowest BCUT2D eigenvalue weighted by atomic mass is 9.73. The maximum atomic E-state index is 13.0. The van der Waals surface area contributed by atoms with Gasteiger partial charge in [-0.2, -0.15) is 13.2 Å². The summed E-state index contributed by atoms with van der Waals surface area (Å²) in [7, 11) is 0. The van der Waals surface area contributed by atoms with Gasteiger partial charge in [-0.25, -0.2) is 9.97 Å². The number of rotatable bonds is 2. The summed E-state index contributed by atoms with van der Waals surface area (Å²) in [6.45, 7) is 2.32. The van der Waals surface area contributed by atoms with Gasteiger partial charge in [-0.1, -0.05) is 17.7 Å². The van der Waals surface area contributed by atoms with Gasteiger partial charge < -0.3 is 15.6 Å². The number of nitrogens with zero attached hydrogens (tertiary/aromatic N) is 2. The van der Waals surface area contributed by atoms with Gasteiger partial charge in [0.25, 0.3) is 5.91 Å². The molecule has 2 aliphatic heterocycles. The van der Waals surface area contributed by atoms with Crippen LogP contribution in [-0.4, -0.2) is 40.5 Å². The number of aromatic amines is 1. The summed E-state index contributed by atoms with van der Waals surface area (Å²) in [6, 6.07) is 6.90. The minimum absolute atomic E-state index is 0.129. The second kappa shape index (κ2) is 7.60. The van der Waals surface area contributed by atoms with Crippen molar-refractivity contribution >= 4 is 17.5 Å². The number of halogens is 4. The van der Waals surface area contributed by atoms with Gasteiger partial charge in [0.15, 0.2) is 5.82 Å². The number of fused-ring (bicyclic) bond motifs is 2. The number of amides is 1. The number of piperidine rings is 1. The van der Waals surface area contributed by atoms with E-state index in [1.165, 1.54) is 18.3 Å². The third kappa shape index (κ3) is 3.55. The van der Waals surface area contributed by atoms with Crippen molar-refractivity contribution in [3.63, 3.8) is 0 Å². The minimum Gasteiger partial charge on any atom is -0.356 e. The van der Waals surface area contributed by atoms with Crippen molar-refractivity contribution < 1.29 is 18.0 Å². The lowest BCUT2D eigenvalue weighted by molar-refractivity contribution is -0.137. The predicted octanol–water partition coefficient (Wildman–Crippen LogP) is 4.18. The molecule has 0 unspecified atom stereocenters. The zero-order valence-corrected chi connectivity index (χ0v) is 17.6. The fourth-order valence-corrected chi connectivity index (χ4v) is 4.77. The van der Waals surface area contributed by atoms with Crippen LogP contribution in [0, 0.1) is 0 Å². The summed E-state index contributed by atoms with van der Waals surface area (Å²) in [5.41, 5.74) is 2.03. The summed E-state index contributed by atoms with van der Waals surface area (Å²) in [5, 5.41) is 5.94. The van der Waals surface area contributed by atoms with Gasteiger partial charge in [0.1, 0.15) is 0 Å². The summed E-state index contributed by atoms with van der Waals surface area (Å²) in [5.74, 6) is 0.113. The Kier molecular flexibility index (Phi) is 4.98. The van der Waals surface area contributed by atoms with Crippen molar-refractivity contribution in [2.24, 2.45) is 0 Å². The van der Waals surface area contributed by atoms with Crippen molar-refractivity contribution in [2.75, 3.05) is 19.6 Å². The van der Waals surface area contributed by atoms with E-state index in [1.54, 1.807) is 12.1 Å². The van der Waals surface area contributed by atoms with Crippen LogP contribution in [0.1, 0.15) is 34.5 Å². The lowest BCUT2D eigenvalue weighted by Crippen LogP contribution is -2.51. The zero-order chi connectivity index (χ0) is 22.5. The van der Waals surface area contributed by atoms with Crippen molar-refractivity contribution in [1.29, 1.82) is 0 Å². The van der Waals surface area contributed by atoms with Crippen LogP contribution in [0.3, 0.4) is 0 Å². The van der Waals surface area contributed by atoms with Crippen LogP contribution in [0.5, 0.6) is 0 Å². The van der Waals surface area contributed by atoms with Crippen molar-refractivity contribution in [3.05, 3.63) is 58.4 Å². The van der Waals surface area contributed by atoms with Crippen LogP contribution in [0.25, 0.3) is 22.8 Å². The lowest BCUT2D eigenvalue weighted by Gasteiger charge is -2.40. The number of nitrogens with one attached hydrogen (secondary N) is 3. The molecule has 1 saturated heterocycles. The smallest absolute Gasteiger partial charge is 0.356 e. The largest absolute Gasteiger partial charge is 0.417 e. The first-order valence-corrected chi connectivity index (χ1v) is 10.6. The predicted molar refractivity (Wildman–Crippen MR) is 113 cm³/mol. The monoisotopic (exact) mass is 461 g/mol. The summed E-state index contributed by atoms with van der Waals surface area (Å²) < 4.78 is 39.0. The number of aromatic nitrogens is 3. The highest BCUT2D eigenvalue weighted by Crippen LogP contribution is 2.39. The molecule has 0 aliphatic carbocycles. The first kappa shape index (κ1) is 21.0. The Balaban J connectivity index is 1.53. The highest BCUT2D eigenvalue weighted by Gasteiger charge is 2.42. The van der Waals surface area contributed by atoms with Crippen LogP contribution in [0.2, 0.25) is 5.02 Å². The molecule has 5 rings (SSSR count). The molecule has 3 aromatic rings. The number of alkyl halides is 3. The summed E-state index contributed by atoms with van der Waals surface area (Å²) in [4.78, 5) is 24.6. The molecule has 0 atom stereocenters. The Labute approximate surface area is 186 Å². The van der Waals surface area contributed by atoms with Gasteiger partial charge in [-0.15, -0.1) is 0 Å². The van der Waals surface area contributed by atoms with Gasteiger partial charge in [0.05, 0.1) is 27.5 Å². The third-order valence-electron chi connectivity index (χ3n) is 6.20. The van der Waals surface area contributed by atoms with Gasteiger partial charge in [0, 0.05) is 29.4 Å². The Morgan fingerprint density at radius 2 is 1.88 bits per heavy atom. The Morgan fingerprint density at radius 3 is 2.59 bits per heavy atom. The number of hydrogen-bond acceptors (Lipinski definition) is 4. The molecule has 0 saturated carbocycles. The molecule has 0 radical (unpaired) electrons. The average molecular weight is 462 g/mol. The second-order valence-corrected chi connectivity index (χ2v) is 8.55. The maximum Gasteiger partial charge on any atom is 0.417 e. The van der Waals surface area contributed by atoms with Crippen molar-refractivity contribution in [2.45, 2.75) is 24.4 Å². The standard InChI is InChI=1S/C22H19ClF3N5O/c23-15-9-12(1-2-14(15)22(24,25)26)19-28-6-3-16(31-19)17-10-13-18(30-17)21(11-29-20(13)32)4-7-27-8-5-21/h1-3,6,9-10,27,30H,4-5,7-8,11H2,(H,29,32). The third-order valence-corrected chi connectivity index (χ3v) is 6.52. The second-order valence-electron chi connectivity index (χ2n) is 8.14. The van der Waals surface area contributed by atoms with Gasteiger partial charge in [0.2, 0.25) is 0 Å². The number of benzene rings is 1. The topological polar surface area (TPSA) is 82.7 Å². The van der Waals surface area contributed by atoms with Crippen molar-refractivity contribution in [3.8, 4) is 22.8 Å². The van der Waals surface area contributed by atoms with Gasteiger partial charge in [-0.3, -0.25) is 4.79 Å². The molecule has 0 bridgehead atoms. The number of carbonyl (C=O) groups is 1. The molecular weight excluding hydrogens is 443 g/mol. The van der Waals surface area contributed by atoms with Crippen LogP contribution >= 0.6 is 11.6 Å². The first-order chi connectivity index (χ1) is 15.3. The fraction of sp³-hybridized carbons (Fsp3) is 0.318. The number of H-pyrrole nitrogens is 1. The SMILES string of the molecule is O=C1NCC2(CCNCC2)c2[nH]c(-c3ccnc(-c4ccc(C(F)(F)F)c(Cl)c4)n3)cc21. The molecule has 166 valence electrons. The van der Waals surface area contributed by atoms with E-state index in [-0.39, 0.29) is 17.1 Å². The molecule has 1 fully saturated rings. The van der Waals surface area contributed by atoms with Crippen LogP contribution < -0.4 is 10.6 Å². The van der Waals surface area contributed by atoms with Gasteiger partial charge in [-0.05, 0) is 50.2 Å². The Morgan fingerprint density at radius 1 is 1.09 bits per heavy atom. The van der Waals surface area contributed by atoms with Crippen molar-refractivity contribution in [1.82, 2.24) is 25.6 Å². The zero-order valence-electron chi connectivity index (χ0n) is 16.8. The minimum atomic E-state index is -4.53. The molecular formula is C22H19ClF3N5O. The molecule has 1 aromatic carbocycles. The van der Waals surface area contributed by atoms with Gasteiger partial charge >= 0.3 is 6.18 Å². The van der Waals surface area contributed by atoms with E-state index in [1.807, 2.05) is 0 Å². The van der Waals surface area contributed by atoms with E-state index in [0.717, 1.165) is 37.7 Å². The number of carbonyl (C=O) groups excluding carboxylic acids is 1. The van der Waals surface area contributed by atoms with Crippen LogP contribution in [0.15, 0.2) is 36.5 Å². The maximum absolute atomic E-state index is 13.0. The summed E-state index contributed by atoms with van der Waals surface area (Å²) in [6.07, 6.45) is -1.20. The fourth-order valence-electron chi connectivity index (χ4n) is 4.49. The van der Waals surface area contributed by atoms with E-state index < -0.39 is 16.8 Å². The van der Waals surface area contributed by atoms with E-state index in [4.69, 9.17) is 11.6 Å². The van der Waals surface area contributed by atoms with E-state index in [2.05, 4.69) is 25.6 Å². The van der Waals surface area contributed by atoms with E-state index >= 15 is 0 Å². The Hall–Kier alpha value is -2.91. The summed E-state index contributed by atoms with van der Waals surface area (Å²) >= 11 is 5.86. The normalized spacial score (nSPS) is 17.8. The molecule has 2 aliphatic rings. The van der Waals surface area contributed by atoms with Crippen LogP contribution in [-0.2, 0) is 11.6 Å². The quantitative estimate of drug-likeness (QED) is 0.535. The number of hydrogen-bond donors (Lipinski definition) is 3. The Bertz CT molecular complexity index is 1200. The van der Waals surface area contributed by atoms with E-state index in [0.29, 0.717) is 29.1 Å². The molecule has 2 aromatic heterocycles. The highest BCUT2D eigenvalue weighted by atomic mass is 35.5. The average Bonchev–Trinajstić information content (AvgIpc) is 3.24. The molecule has 10 heteroatoms. The molecule has 32 heavy (non-hydrogen) atoms. The molecule has 1 spiro atoms. The van der Waals surface area contributed by atoms with Crippen LogP contribution in [0.4, 0.5) is 13.2 Å². The molecule has 4 heterocycles.